The van der Waals surface area contributed by atoms with E-state index in [1.807, 2.05) is 11.8 Å². The van der Waals surface area contributed by atoms with Gasteiger partial charge >= 0.3 is 6.01 Å². The number of fused-ring (bicyclic) bond motifs is 3. The molecule has 3 saturated heterocycles. The summed E-state index contributed by atoms with van der Waals surface area (Å²) in [4.78, 5) is 30.7. The minimum atomic E-state index is -0.829. The van der Waals surface area contributed by atoms with Gasteiger partial charge in [-0.1, -0.05) is 18.6 Å². The van der Waals surface area contributed by atoms with Crippen molar-refractivity contribution in [2.24, 2.45) is 5.41 Å². The fourth-order valence-electron chi connectivity index (χ4n) is 8.03. The number of aromatic nitrogens is 3. The van der Waals surface area contributed by atoms with E-state index in [1.54, 1.807) is 0 Å². The highest BCUT2D eigenvalue weighted by atomic mass is 19.1. The second-order valence-electron chi connectivity index (χ2n) is 13.9. The Bertz CT molecular complexity index is 2120. The van der Waals surface area contributed by atoms with Crippen LogP contribution in [0.2, 0.25) is 0 Å². The minimum Gasteiger partial charge on any atom is -0.508 e. The van der Waals surface area contributed by atoms with Crippen LogP contribution in [0.4, 0.5) is 14.6 Å². The molecule has 2 aromatic heterocycles. The lowest BCUT2D eigenvalue weighted by atomic mass is 9.83. The molecule has 10 nitrogen and oxygen atoms in total. The van der Waals surface area contributed by atoms with Crippen molar-refractivity contribution in [3.05, 3.63) is 60.3 Å². The molecule has 3 aliphatic heterocycles. The maximum atomic E-state index is 17.0. The Kier molecular flexibility index (Phi) is 8.53. The number of phenolic OH excluding ortho intramolecular Hbond substituents is 1. The van der Waals surface area contributed by atoms with Crippen molar-refractivity contribution in [3.8, 4) is 41.4 Å². The number of benzene rings is 2. The highest BCUT2D eigenvalue weighted by Crippen LogP contribution is 2.41. The van der Waals surface area contributed by atoms with Gasteiger partial charge in [-0.2, -0.15) is 15.2 Å². The summed E-state index contributed by atoms with van der Waals surface area (Å²) in [6.45, 7) is 8.39. The zero-order valence-corrected chi connectivity index (χ0v) is 27.8. The van der Waals surface area contributed by atoms with Crippen molar-refractivity contribution in [1.29, 1.82) is 5.26 Å². The van der Waals surface area contributed by atoms with Gasteiger partial charge in [-0.25, -0.2) is 8.78 Å². The Balaban J connectivity index is 1.39. The van der Waals surface area contributed by atoms with Crippen molar-refractivity contribution in [2.45, 2.75) is 57.0 Å². The number of anilines is 1. The minimum absolute atomic E-state index is 0.0215. The molecule has 0 spiro atoms. The van der Waals surface area contributed by atoms with E-state index in [0.29, 0.717) is 37.2 Å². The monoisotopic (exact) mass is 677 g/mol. The van der Waals surface area contributed by atoms with E-state index in [4.69, 9.17) is 16.1 Å². The van der Waals surface area contributed by atoms with Crippen LogP contribution in [0.5, 0.6) is 11.8 Å². The van der Waals surface area contributed by atoms with Crippen LogP contribution in [0.3, 0.4) is 0 Å². The largest absolute Gasteiger partial charge is 0.508 e. The molecule has 50 heavy (non-hydrogen) atoms. The zero-order chi connectivity index (χ0) is 35.2. The van der Waals surface area contributed by atoms with Gasteiger partial charge in [0.25, 0.3) is 0 Å². The van der Waals surface area contributed by atoms with Gasteiger partial charge in [0.2, 0.25) is 5.91 Å². The number of nitriles is 1. The van der Waals surface area contributed by atoms with Gasteiger partial charge < -0.3 is 20.1 Å². The number of carbonyl (C=O) groups is 1. The average molecular weight is 678 g/mol. The average Bonchev–Trinajstić information content (AvgIpc) is 3.65. The molecule has 0 unspecified atom stereocenters. The number of amides is 1. The number of aromatic hydroxyl groups is 1. The molecular formula is C38H37F2N7O3. The first-order valence-electron chi connectivity index (χ1n) is 16.8. The quantitative estimate of drug-likeness (QED) is 0.189. The summed E-state index contributed by atoms with van der Waals surface area (Å²) < 4.78 is 38.3. The third-order valence-corrected chi connectivity index (χ3v) is 10.5. The highest BCUT2D eigenvalue weighted by Gasteiger charge is 2.45. The number of phenols is 1. The molecule has 0 aliphatic carbocycles. The predicted octanol–water partition coefficient (Wildman–Crippen LogP) is 5.62. The second kappa shape index (κ2) is 12.8. The molecule has 3 fully saturated rings. The first kappa shape index (κ1) is 33.2. The lowest BCUT2D eigenvalue weighted by molar-refractivity contribution is -0.117. The molecule has 12 heteroatoms. The van der Waals surface area contributed by atoms with Gasteiger partial charge in [0, 0.05) is 36.3 Å². The number of pyridine rings is 1. The number of nitrogens with zero attached hydrogens (tertiary/aromatic N) is 6. The van der Waals surface area contributed by atoms with Gasteiger partial charge in [0.05, 0.1) is 28.0 Å². The molecule has 2 N–H and O–H groups in total. The SMILES string of the molecule is C#Cc1c(F)ccc2cc(O)cc(-c3ncc4c(N5CC[C@](C)(C#N)C[C@@H](NC(=O)C=C)C5)nc(OCC56CCCN5CCC6)nc4c3F)c12. The Labute approximate surface area is 288 Å². The van der Waals surface area contributed by atoms with E-state index >= 15 is 4.39 Å². The van der Waals surface area contributed by atoms with Crippen molar-refractivity contribution >= 4 is 33.4 Å². The van der Waals surface area contributed by atoms with Gasteiger partial charge in [-0.05, 0) is 88.2 Å². The van der Waals surface area contributed by atoms with Crippen molar-refractivity contribution in [2.75, 3.05) is 37.7 Å². The van der Waals surface area contributed by atoms with E-state index in [2.05, 4.69) is 38.8 Å². The molecule has 5 heterocycles. The fourth-order valence-corrected chi connectivity index (χ4v) is 8.03. The molecule has 1 amide bonds. The molecule has 3 aliphatic rings. The van der Waals surface area contributed by atoms with Crippen molar-refractivity contribution in [1.82, 2.24) is 25.2 Å². The van der Waals surface area contributed by atoms with Gasteiger partial charge in [0.15, 0.2) is 5.82 Å². The molecule has 0 saturated carbocycles. The smallest absolute Gasteiger partial charge is 0.319 e. The summed E-state index contributed by atoms with van der Waals surface area (Å²) in [6.07, 6.45) is 13.3. The summed E-state index contributed by atoms with van der Waals surface area (Å²) in [6, 6.07) is 7.33. The van der Waals surface area contributed by atoms with Crippen LogP contribution in [-0.2, 0) is 4.79 Å². The van der Waals surface area contributed by atoms with Crippen molar-refractivity contribution < 1.29 is 23.4 Å². The lowest BCUT2D eigenvalue weighted by Crippen LogP contribution is -2.44. The Morgan fingerprint density at radius 2 is 2.00 bits per heavy atom. The normalized spacial score (nSPS) is 21.7. The first-order valence-corrected chi connectivity index (χ1v) is 16.8. The molecule has 0 radical (unpaired) electrons. The van der Waals surface area contributed by atoms with Gasteiger partial charge in [0.1, 0.15) is 35.2 Å². The lowest BCUT2D eigenvalue weighted by Gasteiger charge is -2.31. The number of halogens is 2. The van der Waals surface area contributed by atoms with Crippen LogP contribution in [0.25, 0.3) is 32.9 Å². The maximum Gasteiger partial charge on any atom is 0.319 e. The van der Waals surface area contributed by atoms with E-state index in [-0.39, 0.29) is 62.9 Å². The number of hydrogen-bond donors (Lipinski definition) is 2. The summed E-state index contributed by atoms with van der Waals surface area (Å²) in [5, 5.41) is 24.5. The van der Waals surface area contributed by atoms with Gasteiger partial charge in [-0.15, -0.1) is 6.42 Å². The van der Waals surface area contributed by atoms with E-state index in [0.717, 1.165) is 38.8 Å². The number of nitrogens with one attached hydrogen (secondary N) is 1. The molecule has 0 bridgehead atoms. The second-order valence-corrected chi connectivity index (χ2v) is 13.9. The van der Waals surface area contributed by atoms with Crippen LogP contribution in [0.15, 0.2) is 43.1 Å². The maximum absolute atomic E-state index is 17.0. The summed E-state index contributed by atoms with van der Waals surface area (Å²) >= 11 is 0. The molecule has 4 aromatic rings. The number of rotatable bonds is 7. The van der Waals surface area contributed by atoms with E-state index in [9.17, 15) is 19.6 Å². The standard InChI is InChI=1S/C38H37F2N7O3/c1-4-26-29(39)9-8-23-16-25(48)17-27(31(23)26)33-32(40)34-28(19-42-33)35(45-36(44-34)50-22-38-10-6-13-47(38)14-7-11-38)46-15-12-37(3,21-41)18-24(20-46)43-30(49)5-2/h1,5,8-9,16-17,19,24,48H,2,6-7,10-15,18,20,22H2,3H3,(H,43,49)/t24-,37+/m1/s1. The summed E-state index contributed by atoms with van der Waals surface area (Å²) in [7, 11) is 0. The van der Waals surface area contributed by atoms with Crippen LogP contribution < -0.4 is 15.0 Å². The Morgan fingerprint density at radius 3 is 2.72 bits per heavy atom. The number of ether oxygens (including phenoxy) is 1. The third-order valence-electron chi connectivity index (χ3n) is 10.5. The van der Waals surface area contributed by atoms with E-state index in [1.165, 1.54) is 36.5 Å². The fraction of sp³-hybridized carbons (Fsp3) is 0.395. The Morgan fingerprint density at radius 1 is 1.22 bits per heavy atom. The Hall–Kier alpha value is -5.33. The molecule has 7 rings (SSSR count). The molecule has 2 atom stereocenters. The number of carbonyl (C=O) groups excluding carboxylic acids is 1. The molecular weight excluding hydrogens is 640 g/mol. The summed E-state index contributed by atoms with van der Waals surface area (Å²) in [5.74, 6) is 0.665. The van der Waals surface area contributed by atoms with Crippen LogP contribution in [-0.4, -0.2) is 75.2 Å². The number of hydrogen-bond acceptors (Lipinski definition) is 9. The van der Waals surface area contributed by atoms with Crippen LogP contribution in [0, 0.1) is 40.7 Å². The number of terminal acetylenes is 1. The van der Waals surface area contributed by atoms with Gasteiger partial charge in [-0.3, -0.25) is 14.7 Å². The molecule has 2 aromatic carbocycles. The third kappa shape index (κ3) is 5.84. The topological polar surface area (TPSA) is 128 Å². The predicted molar refractivity (Wildman–Crippen MR) is 185 cm³/mol. The van der Waals surface area contributed by atoms with Crippen LogP contribution in [0.1, 0.15) is 51.0 Å². The first-order chi connectivity index (χ1) is 24.1. The van der Waals surface area contributed by atoms with E-state index < -0.39 is 23.1 Å². The van der Waals surface area contributed by atoms with Crippen molar-refractivity contribution in [3.63, 3.8) is 0 Å². The zero-order valence-electron chi connectivity index (χ0n) is 27.8. The highest BCUT2D eigenvalue weighted by molar-refractivity contribution is 6.03. The summed E-state index contributed by atoms with van der Waals surface area (Å²) in [5.41, 5.74) is -1.13. The van der Waals surface area contributed by atoms with Crippen LogP contribution >= 0.6 is 0 Å². The molecule has 256 valence electrons.